The Bertz CT molecular complexity index is 429. The number of carbonyl (C=O) groups excluding carboxylic acids is 1. The Kier molecular flexibility index (Phi) is 4.00. The Labute approximate surface area is 110 Å². The molecule has 18 heavy (non-hydrogen) atoms. The number of carbonyl (C=O) groups is 1. The standard InChI is InChI=1S/C17H22O/c1-12(2)16-9-4-13(3)10-17(16)15-7-5-14(11-18)6-8-15/h5-8,11,13,16-17H,1,4,9-10H2,2-3H3/t13-,16+,17+/m1/s1. The van der Waals surface area contributed by atoms with Crippen molar-refractivity contribution in [3.63, 3.8) is 0 Å². The summed E-state index contributed by atoms with van der Waals surface area (Å²) in [5, 5.41) is 0. The van der Waals surface area contributed by atoms with E-state index in [2.05, 4.69) is 32.6 Å². The normalized spacial score (nSPS) is 27.8. The summed E-state index contributed by atoms with van der Waals surface area (Å²) in [6.45, 7) is 8.64. The average Bonchev–Trinajstić information content (AvgIpc) is 2.38. The lowest BCUT2D eigenvalue weighted by atomic mass is 9.69. The number of hydrogen-bond acceptors (Lipinski definition) is 1. The molecule has 1 aromatic rings. The smallest absolute Gasteiger partial charge is 0.150 e. The van der Waals surface area contributed by atoms with Gasteiger partial charge in [0.05, 0.1) is 0 Å². The number of rotatable bonds is 3. The molecule has 0 amide bonds. The highest BCUT2D eigenvalue weighted by Crippen LogP contribution is 2.43. The highest BCUT2D eigenvalue weighted by atomic mass is 16.1. The van der Waals surface area contributed by atoms with Crippen LogP contribution in [0.2, 0.25) is 0 Å². The molecule has 0 spiro atoms. The second-order valence-electron chi connectivity index (χ2n) is 5.76. The Morgan fingerprint density at radius 1 is 1.28 bits per heavy atom. The molecular formula is C17H22O. The van der Waals surface area contributed by atoms with Crippen LogP contribution in [0.5, 0.6) is 0 Å². The van der Waals surface area contributed by atoms with E-state index in [1.165, 1.54) is 30.4 Å². The highest BCUT2D eigenvalue weighted by molar-refractivity contribution is 5.74. The van der Waals surface area contributed by atoms with Gasteiger partial charge in [-0.3, -0.25) is 4.79 Å². The fraction of sp³-hybridized carbons (Fsp3) is 0.471. The third-order valence-electron chi connectivity index (χ3n) is 4.25. The molecule has 0 heterocycles. The molecule has 1 saturated carbocycles. The van der Waals surface area contributed by atoms with Gasteiger partial charge >= 0.3 is 0 Å². The molecule has 96 valence electrons. The van der Waals surface area contributed by atoms with E-state index in [-0.39, 0.29) is 0 Å². The van der Waals surface area contributed by atoms with Gasteiger partial charge in [-0.05, 0) is 43.1 Å². The summed E-state index contributed by atoms with van der Waals surface area (Å²) in [4.78, 5) is 10.7. The van der Waals surface area contributed by atoms with Crippen LogP contribution >= 0.6 is 0 Å². The zero-order valence-corrected chi connectivity index (χ0v) is 11.4. The largest absolute Gasteiger partial charge is 0.298 e. The van der Waals surface area contributed by atoms with Crippen molar-refractivity contribution in [3.8, 4) is 0 Å². The van der Waals surface area contributed by atoms with Crippen molar-refractivity contribution in [3.05, 3.63) is 47.5 Å². The molecule has 1 fully saturated rings. The van der Waals surface area contributed by atoms with Gasteiger partial charge in [0.1, 0.15) is 6.29 Å². The van der Waals surface area contributed by atoms with E-state index in [4.69, 9.17) is 0 Å². The van der Waals surface area contributed by atoms with Gasteiger partial charge in [0.2, 0.25) is 0 Å². The van der Waals surface area contributed by atoms with Gasteiger partial charge in [-0.25, -0.2) is 0 Å². The van der Waals surface area contributed by atoms with E-state index in [1.807, 2.05) is 12.1 Å². The molecule has 3 atom stereocenters. The van der Waals surface area contributed by atoms with Crippen molar-refractivity contribution in [2.75, 3.05) is 0 Å². The summed E-state index contributed by atoms with van der Waals surface area (Å²) in [5.41, 5.74) is 3.42. The Morgan fingerprint density at radius 2 is 1.94 bits per heavy atom. The SMILES string of the molecule is C=C(C)[C@@H]1CC[C@@H](C)C[C@H]1c1ccc(C=O)cc1. The summed E-state index contributed by atoms with van der Waals surface area (Å²) >= 11 is 0. The Hall–Kier alpha value is -1.37. The Morgan fingerprint density at radius 3 is 2.50 bits per heavy atom. The van der Waals surface area contributed by atoms with Crippen LogP contribution in [0, 0.1) is 11.8 Å². The van der Waals surface area contributed by atoms with Gasteiger partial charge in [-0.1, -0.05) is 49.8 Å². The Balaban J connectivity index is 2.25. The van der Waals surface area contributed by atoms with Crippen LogP contribution in [0.15, 0.2) is 36.4 Å². The van der Waals surface area contributed by atoms with Crippen LogP contribution in [0.4, 0.5) is 0 Å². The molecule has 1 aliphatic carbocycles. The summed E-state index contributed by atoms with van der Waals surface area (Å²) in [6.07, 6.45) is 4.69. The highest BCUT2D eigenvalue weighted by Gasteiger charge is 2.29. The zero-order valence-electron chi connectivity index (χ0n) is 11.4. The molecule has 1 heteroatoms. The second-order valence-corrected chi connectivity index (χ2v) is 5.76. The van der Waals surface area contributed by atoms with Crippen LogP contribution in [0.3, 0.4) is 0 Å². The molecule has 0 aromatic heterocycles. The molecule has 0 aliphatic heterocycles. The fourth-order valence-electron chi connectivity index (χ4n) is 3.16. The maximum Gasteiger partial charge on any atom is 0.150 e. The van der Waals surface area contributed by atoms with Gasteiger partial charge in [0.15, 0.2) is 0 Å². The predicted molar refractivity (Wildman–Crippen MR) is 75.9 cm³/mol. The summed E-state index contributed by atoms with van der Waals surface area (Å²) in [7, 11) is 0. The lowest BCUT2D eigenvalue weighted by Gasteiger charge is -2.35. The van der Waals surface area contributed by atoms with Crippen molar-refractivity contribution >= 4 is 6.29 Å². The van der Waals surface area contributed by atoms with E-state index in [0.29, 0.717) is 11.8 Å². The first-order valence-corrected chi connectivity index (χ1v) is 6.82. The van der Waals surface area contributed by atoms with Crippen molar-refractivity contribution in [1.82, 2.24) is 0 Å². The second kappa shape index (κ2) is 5.51. The van der Waals surface area contributed by atoms with Gasteiger partial charge < -0.3 is 0 Å². The van der Waals surface area contributed by atoms with Crippen LogP contribution in [0.1, 0.15) is 54.9 Å². The summed E-state index contributed by atoms with van der Waals surface area (Å²) in [6, 6.07) is 8.08. The predicted octanol–water partition coefficient (Wildman–Crippen LogP) is 4.60. The minimum Gasteiger partial charge on any atom is -0.298 e. The number of aldehydes is 1. The summed E-state index contributed by atoms with van der Waals surface area (Å²) in [5.74, 6) is 1.96. The first-order chi connectivity index (χ1) is 8.61. The van der Waals surface area contributed by atoms with E-state index in [1.54, 1.807) is 0 Å². The fourth-order valence-corrected chi connectivity index (χ4v) is 3.16. The minimum atomic E-state index is 0.576. The van der Waals surface area contributed by atoms with Crippen LogP contribution in [0.25, 0.3) is 0 Å². The first-order valence-electron chi connectivity index (χ1n) is 6.82. The van der Waals surface area contributed by atoms with E-state index >= 15 is 0 Å². The van der Waals surface area contributed by atoms with E-state index in [9.17, 15) is 4.79 Å². The minimum absolute atomic E-state index is 0.576. The quantitative estimate of drug-likeness (QED) is 0.559. The third-order valence-corrected chi connectivity index (χ3v) is 4.25. The molecule has 0 unspecified atom stereocenters. The molecule has 0 radical (unpaired) electrons. The molecule has 2 rings (SSSR count). The average molecular weight is 242 g/mol. The van der Waals surface area contributed by atoms with Crippen LogP contribution in [-0.4, -0.2) is 6.29 Å². The first kappa shape index (κ1) is 13.1. The van der Waals surface area contributed by atoms with Crippen molar-refractivity contribution in [1.29, 1.82) is 0 Å². The van der Waals surface area contributed by atoms with Crippen molar-refractivity contribution in [2.45, 2.75) is 39.0 Å². The van der Waals surface area contributed by atoms with Crippen molar-refractivity contribution < 1.29 is 4.79 Å². The van der Waals surface area contributed by atoms with Crippen molar-refractivity contribution in [2.24, 2.45) is 11.8 Å². The third kappa shape index (κ3) is 2.72. The molecule has 0 saturated heterocycles. The number of benzene rings is 1. The zero-order chi connectivity index (χ0) is 13.1. The maximum absolute atomic E-state index is 10.7. The number of allylic oxidation sites excluding steroid dienone is 1. The molecular weight excluding hydrogens is 220 g/mol. The van der Waals surface area contributed by atoms with Gasteiger partial charge in [-0.15, -0.1) is 0 Å². The maximum atomic E-state index is 10.7. The molecule has 0 N–H and O–H groups in total. The molecule has 1 aliphatic rings. The summed E-state index contributed by atoms with van der Waals surface area (Å²) < 4.78 is 0. The molecule has 1 nitrogen and oxygen atoms in total. The number of hydrogen-bond donors (Lipinski definition) is 0. The van der Waals surface area contributed by atoms with E-state index < -0.39 is 0 Å². The van der Waals surface area contributed by atoms with Crippen LogP contribution in [-0.2, 0) is 0 Å². The van der Waals surface area contributed by atoms with Gasteiger partial charge in [0.25, 0.3) is 0 Å². The van der Waals surface area contributed by atoms with E-state index in [0.717, 1.165) is 17.8 Å². The topological polar surface area (TPSA) is 17.1 Å². The lowest BCUT2D eigenvalue weighted by Crippen LogP contribution is -2.22. The van der Waals surface area contributed by atoms with Crippen LogP contribution < -0.4 is 0 Å². The molecule has 1 aromatic carbocycles. The van der Waals surface area contributed by atoms with Gasteiger partial charge in [-0.2, -0.15) is 0 Å². The monoisotopic (exact) mass is 242 g/mol. The lowest BCUT2D eigenvalue weighted by molar-refractivity contribution is 0.112. The van der Waals surface area contributed by atoms with Gasteiger partial charge in [0, 0.05) is 5.56 Å². The molecule has 0 bridgehead atoms.